The van der Waals surface area contributed by atoms with Crippen LogP contribution in [0.4, 0.5) is 4.79 Å². The lowest BCUT2D eigenvalue weighted by atomic mass is 9.85. The first-order valence-electron chi connectivity index (χ1n) is 14.0. The second kappa shape index (κ2) is 12.7. The molecule has 0 unspecified atom stereocenters. The van der Waals surface area contributed by atoms with Gasteiger partial charge in [-0.05, 0) is 62.8 Å². The van der Waals surface area contributed by atoms with Crippen LogP contribution in [0.3, 0.4) is 0 Å². The number of ketones is 1. The third-order valence-corrected chi connectivity index (χ3v) is 9.46. The van der Waals surface area contributed by atoms with Gasteiger partial charge in [-0.1, -0.05) is 42.8 Å². The number of halogens is 1. The highest BCUT2D eigenvalue weighted by atomic mass is 79.9. The second-order valence-corrected chi connectivity index (χ2v) is 15.6. The molecule has 0 aromatic heterocycles. The smallest absolute Gasteiger partial charge is 0.408 e. The maximum absolute atomic E-state index is 14.1. The predicted molar refractivity (Wildman–Crippen MR) is 161 cm³/mol. The van der Waals surface area contributed by atoms with E-state index < -0.39 is 68.5 Å². The Labute approximate surface area is 261 Å². The molecule has 13 heteroatoms. The summed E-state index contributed by atoms with van der Waals surface area (Å²) < 4.78 is 42.8. The molecule has 5 atom stereocenters. The van der Waals surface area contributed by atoms with Crippen molar-refractivity contribution in [2.45, 2.75) is 89.5 Å². The Morgan fingerprint density at radius 3 is 2.23 bits per heavy atom. The van der Waals surface area contributed by atoms with Crippen molar-refractivity contribution in [2.75, 3.05) is 13.7 Å². The minimum atomic E-state index is -4.25. The molecule has 0 bridgehead atoms. The van der Waals surface area contributed by atoms with Crippen molar-refractivity contribution < 1.29 is 41.3 Å². The standard InChI is InChI=1S/C30H41BrN2O9S/c1-9-18-15-30(18,26(36)40-8)16-23(34)22-14-20(42-43(38,39)21-12-10-19(31)11-13-21)17-33(22)25(35)24(28(2,3)4)32-27(37)41-29(5,6)7/h9-13,18,20,22,24H,1,14-17H2,2-8H3,(H,32,37)/t18-,20+,22+,24-,30-/m1/s1. The second-order valence-electron chi connectivity index (χ2n) is 13.2. The van der Waals surface area contributed by atoms with Gasteiger partial charge in [-0.25, -0.2) is 4.79 Å². The van der Waals surface area contributed by atoms with Crippen LogP contribution < -0.4 is 5.32 Å². The molecule has 1 saturated carbocycles. The Balaban J connectivity index is 1.94. The Hall–Kier alpha value is -2.77. The summed E-state index contributed by atoms with van der Waals surface area (Å²) in [4.78, 5) is 54.5. The van der Waals surface area contributed by atoms with Crippen molar-refractivity contribution in [3.63, 3.8) is 0 Å². The number of nitrogens with one attached hydrogen (secondary N) is 1. The fraction of sp³-hybridized carbons (Fsp3) is 0.600. The van der Waals surface area contributed by atoms with Crippen molar-refractivity contribution in [3.8, 4) is 0 Å². The molecule has 1 aromatic carbocycles. The summed E-state index contributed by atoms with van der Waals surface area (Å²) in [7, 11) is -3.01. The van der Waals surface area contributed by atoms with Crippen LogP contribution in [-0.2, 0) is 38.2 Å². The minimum Gasteiger partial charge on any atom is -0.469 e. The van der Waals surface area contributed by atoms with Crippen LogP contribution in [0, 0.1) is 16.7 Å². The highest BCUT2D eigenvalue weighted by Gasteiger charge is 2.61. The number of hydrogen-bond acceptors (Lipinski definition) is 9. The number of nitrogens with zero attached hydrogens (tertiary/aromatic N) is 1. The maximum Gasteiger partial charge on any atom is 0.408 e. The van der Waals surface area contributed by atoms with E-state index >= 15 is 0 Å². The van der Waals surface area contributed by atoms with Gasteiger partial charge in [0.1, 0.15) is 11.6 Å². The number of allylic oxidation sites excluding steroid dienone is 1. The van der Waals surface area contributed by atoms with Crippen molar-refractivity contribution in [1.82, 2.24) is 10.2 Å². The van der Waals surface area contributed by atoms with Crippen LogP contribution >= 0.6 is 15.9 Å². The number of carbonyl (C=O) groups excluding carboxylic acids is 4. The predicted octanol–water partition coefficient (Wildman–Crippen LogP) is 4.39. The van der Waals surface area contributed by atoms with Crippen molar-refractivity contribution in [2.24, 2.45) is 16.7 Å². The zero-order valence-electron chi connectivity index (χ0n) is 25.6. The van der Waals surface area contributed by atoms with E-state index in [9.17, 15) is 27.6 Å². The normalized spacial score (nSPS) is 24.6. The van der Waals surface area contributed by atoms with Crippen molar-refractivity contribution in [1.29, 1.82) is 0 Å². The van der Waals surface area contributed by atoms with E-state index in [-0.39, 0.29) is 30.2 Å². The molecule has 0 spiro atoms. The van der Waals surface area contributed by atoms with Gasteiger partial charge in [0.05, 0.1) is 29.6 Å². The number of benzene rings is 1. The van der Waals surface area contributed by atoms with E-state index in [1.807, 2.05) is 0 Å². The molecule has 1 N–H and O–H groups in total. The Morgan fingerprint density at radius 1 is 1.14 bits per heavy atom. The lowest BCUT2D eigenvalue weighted by Gasteiger charge is -2.36. The third-order valence-electron chi connectivity index (χ3n) is 7.56. The monoisotopic (exact) mass is 684 g/mol. The Kier molecular flexibility index (Phi) is 10.2. The zero-order valence-corrected chi connectivity index (χ0v) is 28.0. The molecular formula is C30H41BrN2O9S. The molecule has 1 aromatic rings. The molecule has 0 radical (unpaired) electrons. The number of likely N-dealkylation sites (tertiary alicyclic amines) is 1. The van der Waals surface area contributed by atoms with E-state index in [0.29, 0.717) is 10.9 Å². The third kappa shape index (κ3) is 8.24. The number of alkyl carbamates (subject to hydrolysis) is 1. The van der Waals surface area contributed by atoms with Gasteiger partial charge in [0, 0.05) is 23.9 Å². The first-order valence-corrected chi connectivity index (χ1v) is 16.2. The summed E-state index contributed by atoms with van der Waals surface area (Å²) in [6, 6.07) is 3.63. The van der Waals surface area contributed by atoms with E-state index in [2.05, 4.69) is 27.8 Å². The lowest BCUT2D eigenvalue weighted by molar-refractivity contribution is -0.150. The fourth-order valence-electron chi connectivity index (χ4n) is 5.28. The van der Waals surface area contributed by atoms with E-state index in [1.165, 1.54) is 24.1 Å². The molecule has 1 aliphatic carbocycles. The topological polar surface area (TPSA) is 145 Å². The highest BCUT2D eigenvalue weighted by molar-refractivity contribution is 9.10. The summed E-state index contributed by atoms with van der Waals surface area (Å²) >= 11 is 3.27. The number of amides is 2. The number of rotatable bonds is 10. The average Bonchev–Trinajstić information content (AvgIpc) is 3.44. The van der Waals surface area contributed by atoms with Crippen LogP contribution in [-0.4, -0.2) is 74.5 Å². The zero-order chi connectivity index (χ0) is 32.5. The first-order chi connectivity index (χ1) is 19.7. The molecule has 1 saturated heterocycles. The molecule has 2 fully saturated rings. The largest absolute Gasteiger partial charge is 0.469 e. The van der Waals surface area contributed by atoms with Gasteiger partial charge >= 0.3 is 12.1 Å². The van der Waals surface area contributed by atoms with Gasteiger partial charge in [-0.3, -0.25) is 18.6 Å². The summed E-state index contributed by atoms with van der Waals surface area (Å²) in [6.45, 7) is 13.8. The molecular weight excluding hydrogens is 644 g/mol. The Bertz CT molecular complexity index is 1370. The molecule has 43 heavy (non-hydrogen) atoms. The van der Waals surface area contributed by atoms with Crippen LogP contribution in [0.1, 0.15) is 60.8 Å². The van der Waals surface area contributed by atoms with E-state index in [0.717, 1.165) is 0 Å². The fourth-order valence-corrected chi connectivity index (χ4v) is 6.62. The van der Waals surface area contributed by atoms with Gasteiger partial charge in [-0.2, -0.15) is 8.42 Å². The van der Waals surface area contributed by atoms with Crippen LogP contribution in [0.25, 0.3) is 0 Å². The van der Waals surface area contributed by atoms with E-state index in [1.54, 1.807) is 59.8 Å². The summed E-state index contributed by atoms with van der Waals surface area (Å²) in [5.74, 6) is -1.87. The van der Waals surface area contributed by atoms with E-state index in [4.69, 9.17) is 13.7 Å². The minimum absolute atomic E-state index is 0.0843. The molecule has 1 heterocycles. The molecule has 1 aliphatic heterocycles. The van der Waals surface area contributed by atoms with Gasteiger partial charge < -0.3 is 19.7 Å². The molecule has 2 amide bonds. The summed E-state index contributed by atoms with van der Waals surface area (Å²) in [5, 5.41) is 2.63. The van der Waals surface area contributed by atoms with Gasteiger partial charge in [0.15, 0.2) is 5.78 Å². The van der Waals surface area contributed by atoms with Gasteiger partial charge in [0.25, 0.3) is 10.1 Å². The number of methoxy groups -OCH3 is 1. The number of ether oxygens (including phenoxy) is 2. The molecule has 11 nitrogen and oxygen atoms in total. The SMILES string of the molecule is C=C[C@@H]1C[C@]1(CC(=O)[C@@H]1C[C@H](OS(=O)(=O)c2ccc(Br)cc2)CN1C(=O)[C@@H](NC(=O)OC(C)(C)C)C(C)(C)C)C(=O)OC. The maximum atomic E-state index is 14.1. The quantitative estimate of drug-likeness (QED) is 0.215. The highest BCUT2D eigenvalue weighted by Crippen LogP contribution is 2.57. The summed E-state index contributed by atoms with van der Waals surface area (Å²) in [5.41, 5.74) is -2.74. The summed E-state index contributed by atoms with van der Waals surface area (Å²) in [6.07, 6.45) is -0.255. The van der Waals surface area contributed by atoms with Crippen LogP contribution in [0.5, 0.6) is 0 Å². The number of carbonyl (C=O) groups is 4. The lowest BCUT2D eigenvalue weighted by Crippen LogP contribution is -2.57. The van der Waals surface area contributed by atoms with Crippen molar-refractivity contribution in [3.05, 3.63) is 41.4 Å². The van der Waals surface area contributed by atoms with Gasteiger partial charge in [0.2, 0.25) is 5.91 Å². The number of hydrogen-bond donors (Lipinski definition) is 1. The first kappa shape index (κ1) is 34.7. The number of Topliss-reactive ketones (excluding diaryl/α,β-unsaturated/α-hetero) is 1. The number of esters is 1. The average molecular weight is 686 g/mol. The van der Waals surface area contributed by atoms with Crippen molar-refractivity contribution >= 4 is 49.8 Å². The molecule has 2 aliphatic rings. The van der Waals surface area contributed by atoms with Gasteiger partial charge in [-0.15, -0.1) is 6.58 Å². The Morgan fingerprint density at radius 2 is 1.74 bits per heavy atom. The molecule has 238 valence electrons. The van der Waals surface area contributed by atoms with Crippen LogP contribution in [0.15, 0.2) is 46.3 Å². The molecule has 3 rings (SSSR count). The van der Waals surface area contributed by atoms with Crippen LogP contribution in [0.2, 0.25) is 0 Å².